The minimum absolute atomic E-state index is 0.260. The number of hydrogen-bond donors (Lipinski definition) is 1. The molecule has 0 aromatic heterocycles. The molecule has 5 aliphatic rings. The SMILES string of the molecule is CCC1(O)CCC2C(CCC34CC23CCC2(C)C(C(=O)CBr)CCC24)C1. The van der Waals surface area contributed by atoms with Crippen LogP contribution in [-0.4, -0.2) is 21.8 Å². The Labute approximate surface area is 167 Å². The van der Waals surface area contributed by atoms with Crippen molar-refractivity contribution in [2.45, 2.75) is 90.1 Å². The first-order valence-corrected chi connectivity index (χ1v) is 12.3. The lowest BCUT2D eigenvalue weighted by Gasteiger charge is -2.56. The molecule has 0 aromatic carbocycles. The summed E-state index contributed by atoms with van der Waals surface area (Å²) in [7, 11) is 0. The Balaban J connectivity index is 1.43. The van der Waals surface area contributed by atoms with Crippen LogP contribution in [0.5, 0.6) is 0 Å². The van der Waals surface area contributed by atoms with E-state index in [1.807, 2.05) is 0 Å². The predicted octanol–water partition coefficient (Wildman–Crippen LogP) is 5.50. The number of carbonyl (C=O) groups is 1. The third-order valence-corrected chi connectivity index (χ3v) is 11.1. The topological polar surface area (TPSA) is 37.3 Å². The van der Waals surface area contributed by atoms with Crippen molar-refractivity contribution in [3.63, 3.8) is 0 Å². The summed E-state index contributed by atoms with van der Waals surface area (Å²) in [5.41, 5.74) is 1.03. The van der Waals surface area contributed by atoms with Crippen molar-refractivity contribution in [2.75, 3.05) is 5.33 Å². The Kier molecular flexibility index (Phi) is 3.90. The lowest BCUT2D eigenvalue weighted by atomic mass is 9.48. The van der Waals surface area contributed by atoms with Crippen LogP contribution in [-0.2, 0) is 4.79 Å². The van der Waals surface area contributed by atoms with Crippen molar-refractivity contribution in [3.8, 4) is 0 Å². The maximum Gasteiger partial charge on any atom is 0.147 e. The van der Waals surface area contributed by atoms with E-state index in [4.69, 9.17) is 0 Å². The monoisotopic (exact) mass is 422 g/mol. The zero-order valence-electron chi connectivity index (χ0n) is 16.5. The van der Waals surface area contributed by atoms with Gasteiger partial charge in [-0.2, -0.15) is 0 Å². The van der Waals surface area contributed by atoms with Gasteiger partial charge < -0.3 is 5.11 Å². The Hall–Kier alpha value is 0.110. The molecule has 146 valence electrons. The van der Waals surface area contributed by atoms with E-state index in [2.05, 4.69) is 29.8 Å². The van der Waals surface area contributed by atoms with Crippen LogP contribution in [0, 0.1) is 39.9 Å². The minimum Gasteiger partial charge on any atom is -0.390 e. The van der Waals surface area contributed by atoms with Gasteiger partial charge in [0.2, 0.25) is 0 Å². The molecular formula is C23H35BrO2. The van der Waals surface area contributed by atoms with Crippen LogP contribution >= 0.6 is 15.9 Å². The van der Waals surface area contributed by atoms with Crippen LogP contribution in [0.3, 0.4) is 0 Å². The van der Waals surface area contributed by atoms with Crippen molar-refractivity contribution < 1.29 is 9.90 Å². The highest BCUT2D eigenvalue weighted by Gasteiger charge is 2.80. The number of hydrogen-bond acceptors (Lipinski definition) is 2. The third kappa shape index (κ3) is 2.06. The second kappa shape index (κ2) is 5.59. The Morgan fingerprint density at radius 2 is 1.88 bits per heavy atom. The molecule has 0 spiro atoms. The predicted molar refractivity (Wildman–Crippen MR) is 107 cm³/mol. The van der Waals surface area contributed by atoms with E-state index in [-0.39, 0.29) is 11.0 Å². The van der Waals surface area contributed by atoms with Crippen molar-refractivity contribution in [2.24, 2.45) is 39.9 Å². The zero-order valence-corrected chi connectivity index (χ0v) is 18.1. The average molecular weight is 423 g/mol. The van der Waals surface area contributed by atoms with E-state index in [9.17, 15) is 9.90 Å². The van der Waals surface area contributed by atoms with Crippen LogP contribution in [0.2, 0.25) is 0 Å². The average Bonchev–Trinajstić information content (AvgIpc) is 3.22. The van der Waals surface area contributed by atoms with Crippen molar-refractivity contribution in [1.29, 1.82) is 0 Å². The van der Waals surface area contributed by atoms with E-state index >= 15 is 0 Å². The zero-order chi connectivity index (χ0) is 18.4. The van der Waals surface area contributed by atoms with Gasteiger partial charge in [-0.05, 0) is 105 Å². The molecule has 0 radical (unpaired) electrons. The van der Waals surface area contributed by atoms with Gasteiger partial charge in [-0.3, -0.25) is 4.79 Å². The summed E-state index contributed by atoms with van der Waals surface area (Å²) in [4.78, 5) is 12.6. The molecular weight excluding hydrogens is 388 g/mol. The maximum atomic E-state index is 12.6. The molecule has 5 aliphatic carbocycles. The standard InChI is InChI=1S/C23H35BrO2/c1-3-21(26)8-7-16-15(12-21)6-9-23-14-22(16,23)11-10-20(2)17(18(25)13-24)4-5-19(20)23/h15-17,19,26H,3-14H2,1-2H3. The van der Waals surface area contributed by atoms with Gasteiger partial charge in [0.15, 0.2) is 0 Å². The summed E-state index contributed by atoms with van der Waals surface area (Å²) in [6.07, 6.45) is 13.5. The first-order chi connectivity index (χ1) is 12.3. The molecule has 5 saturated carbocycles. The van der Waals surface area contributed by atoms with Crippen molar-refractivity contribution >= 4 is 21.7 Å². The van der Waals surface area contributed by atoms with Crippen LogP contribution in [0.1, 0.15) is 84.5 Å². The number of carbonyl (C=O) groups excluding carboxylic acids is 1. The van der Waals surface area contributed by atoms with E-state index < -0.39 is 0 Å². The minimum atomic E-state index is -0.378. The second-order valence-electron chi connectivity index (χ2n) is 11.0. The highest BCUT2D eigenvalue weighted by molar-refractivity contribution is 9.09. The molecule has 5 fully saturated rings. The van der Waals surface area contributed by atoms with Gasteiger partial charge in [0.25, 0.3) is 0 Å². The third-order valence-electron chi connectivity index (χ3n) is 10.6. The highest BCUT2D eigenvalue weighted by Crippen LogP contribution is 2.87. The number of halogens is 1. The molecule has 0 saturated heterocycles. The largest absolute Gasteiger partial charge is 0.390 e. The number of Topliss-reactive ketones (excluding diaryl/α,β-unsaturated/α-hetero) is 1. The Bertz CT molecular complexity index is 634. The number of fused-ring (bicyclic) bond motifs is 2. The fourth-order valence-electron chi connectivity index (χ4n) is 9.32. The lowest BCUT2D eigenvalue weighted by Crippen LogP contribution is -2.51. The first kappa shape index (κ1) is 18.2. The molecule has 8 atom stereocenters. The molecule has 0 amide bonds. The summed E-state index contributed by atoms with van der Waals surface area (Å²) in [6.45, 7) is 4.63. The molecule has 0 heterocycles. The number of alkyl halides is 1. The molecule has 1 N–H and O–H groups in total. The summed E-state index contributed by atoms with van der Waals surface area (Å²) in [5.74, 6) is 3.16. The maximum absolute atomic E-state index is 12.6. The van der Waals surface area contributed by atoms with E-state index in [1.165, 1.54) is 44.9 Å². The number of aliphatic hydroxyl groups is 1. The molecule has 2 nitrogen and oxygen atoms in total. The van der Waals surface area contributed by atoms with E-state index in [1.54, 1.807) is 0 Å². The van der Waals surface area contributed by atoms with Crippen LogP contribution in [0.4, 0.5) is 0 Å². The fraction of sp³-hybridized carbons (Fsp3) is 0.957. The van der Waals surface area contributed by atoms with Gasteiger partial charge >= 0.3 is 0 Å². The summed E-state index contributed by atoms with van der Waals surface area (Å²) in [5, 5.41) is 11.4. The van der Waals surface area contributed by atoms with Gasteiger partial charge in [0, 0.05) is 5.92 Å². The van der Waals surface area contributed by atoms with E-state index in [0.29, 0.717) is 27.9 Å². The van der Waals surface area contributed by atoms with Gasteiger partial charge in [0.05, 0.1) is 10.9 Å². The number of ketones is 1. The molecule has 0 aliphatic heterocycles. The quantitative estimate of drug-likeness (QED) is 0.609. The Morgan fingerprint density at radius 3 is 2.62 bits per heavy atom. The van der Waals surface area contributed by atoms with Crippen LogP contribution in [0.25, 0.3) is 0 Å². The molecule has 26 heavy (non-hydrogen) atoms. The molecule has 8 unspecified atom stereocenters. The van der Waals surface area contributed by atoms with Gasteiger partial charge in [0.1, 0.15) is 5.78 Å². The van der Waals surface area contributed by atoms with E-state index in [0.717, 1.165) is 43.4 Å². The summed E-state index contributed by atoms with van der Waals surface area (Å²) in [6, 6.07) is 0. The molecule has 0 bridgehead atoms. The van der Waals surface area contributed by atoms with Gasteiger partial charge in [-0.1, -0.05) is 29.8 Å². The molecule has 0 aromatic rings. The summed E-state index contributed by atoms with van der Waals surface area (Å²) < 4.78 is 0. The first-order valence-electron chi connectivity index (χ1n) is 11.2. The molecule has 5 rings (SSSR count). The fourth-order valence-corrected chi connectivity index (χ4v) is 9.71. The highest BCUT2D eigenvalue weighted by atomic mass is 79.9. The van der Waals surface area contributed by atoms with Crippen molar-refractivity contribution in [3.05, 3.63) is 0 Å². The van der Waals surface area contributed by atoms with Crippen LogP contribution < -0.4 is 0 Å². The van der Waals surface area contributed by atoms with Crippen LogP contribution in [0.15, 0.2) is 0 Å². The normalized spacial score (nSPS) is 57.5. The smallest absolute Gasteiger partial charge is 0.147 e. The number of rotatable bonds is 3. The lowest BCUT2D eigenvalue weighted by molar-refractivity contribution is -0.130. The molecule has 3 heteroatoms. The van der Waals surface area contributed by atoms with Gasteiger partial charge in [-0.15, -0.1) is 0 Å². The Morgan fingerprint density at radius 1 is 1.08 bits per heavy atom. The summed E-state index contributed by atoms with van der Waals surface area (Å²) >= 11 is 3.45. The second-order valence-corrected chi connectivity index (χ2v) is 11.6. The van der Waals surface area contributed by atoms with Crippen molar-refractivity contribution in [1.82, 2.24) is 0 Å². The van der Waals surface area contributed by atoms with Gasteiger partial charge in [-0.25, -0.2) is 0 Å².